The molecule has 1 saturated heterocycles. The first kappa shape index (κ1) is 21.3. The summed E-state index contributed by atoms with van der Waals surface area (Å²) in [6.45, 7) is 0.425. The summed E-state index contributed by atoms with van der Waals surface area (Å²) in [5, 5.41) is 5.39. The van der Waals surface area contributed by atoms with Gasteiger partial charge in [0.1, 0.15) is 12.1 Å². The standard InChI is InChI=1S/C20H20BrN5O4S/c1-30-20(29)24-16(12-6-3-2-4-7-12)18(28)26-9-5-8-13(26)17(27)22-15-11-25-10-14(21)31-19(25)23-15/h2-4,6-7,10-11,13,16H,5,8-9H2,1H3,(H,22,27)(H,24,29)/t13-,16+/m0/s1. The van der Waals surface area contributed by atoms with E-state index in [1.54, 1.807) is 30.5 Å². The highest BCUT2D eigenvalue weighted by molar-refractivity contribution is 9.11. The lowest BCUT2D eigenvalue weighted by Crippen LogP contribution is -2.48. The molecule has 1 aliphatic heterocycles. The summed E-state index contributed by atoms with van der Waals surface area (Å²) in [7, 11) is 1.24. The van der Waals surface area contributed by atoms with Crippen molar-refractivity contribution < 1.29 is 19.1 Å². The van der Waals surface area contributed by atoms with Gasteiger partial charge in [0.2, 0.25) is 5.91 Å². The summed E-state index contributed by atoms with van der Waals surface area (Å²) >= 11 is 4.85. The largest absolute Gasteiger partial charge is 0.453 e. The Hall–Kier alpha value is -2.92. The zero-order valence-corrected chi connectivity index (χ0v) is 19.0. The minimum absolute atomic E-state index is 0.305. The lowest BCUT2D eigenvalue weighted by Gasteiger charge is -2.28. The highest BCUT2D eigenvalue weighted by Crippen LogP contribution is 2.27. The van der Waals surface area contributed by atoms with Gasteiger partial charge in [-0.2, -0.15) is 0 Å². The van der Waals surface area contributed by atoms with E-state index in [1.807, 2.05) is 16.7 Å². The number of methoxy groups -OCH3 is 1. The van der Waals surface area contributed by atoms with Gasteiger partial charge < -0.3 is 20.3 Å². The maximum absolute atomic E-state index is 13.4. The number of carbonyl (C=O) groups excluding carboxylic acids is 3. The highest BCUT2D eigenvalue weighted by atomic mass is 79.9. The van der Waals surface area contributed by atoms with E-state index in [2.05, 4.69) is 36.3 Å². The predicted octanol–water partition coefficient (Wildman–Crippen LogP) is 3.19. The molecule has 162 valence electrons. The first-order chi connectivity index (χ1) is 15.0. The van der Waals surface area contributed by atoms with Crippen LogP contribution >= 0.6 is 27.3 Å². The number of alkyl carbamates (subject to hydrolysis) is 1. The predicted molar refractivity (Wildman–Crippen MR) is 119 cm³/mol. The Labute approximate surface area is 190 Å². The van der Waals surface area contributed by atoms with Gasteiger partial charge in [-0.25, -0.2) is 9.78 Å². The van der Waals surface area contributed by atoms with Gasteiger partial charge in [0.15, 0.2) is 10.8 Å². The number of halogens is 1. The summed E-state index contributed by atoms with van der Waals surface area (Å²) in [6.07, 6.45) is 4.09. The molecule has 1 fully saturated rings. The lowest BCUT2D eigenvalue weighted by molar-refractivity contribution is -0.138. The van der Waals surface area contributed by atoms with Crippen molar-refractivity contribution in [3.63, 3.8) is 0 Å². The van der Waals surface area contributed by atoms with Crippen LogP contribution in [0.25, 0.3) is 4.96 Å². The molecule has 9 nitrogen and oxygen atoms in total. The molecule has 3 amide bonds. The van der Waals surface area contributed by atoms with Crippen LogP contribution in [0.4, 0.5) is 10.6 Å². The summed E-state index contributed by atoms with van der Waals surface area (Å²) in [6, 6.07) is 7.29. The number of likely N-dealkylation sites (tertiary alicyclic amines) is 1. The smallest absolute Gasteiger partial charge is 0.407 e. The van der Waals surface area contributed by atoms with Crippen LogP contribution < -0.4 is 10.6 Å². The van der Waals surface area contributed by atoms with E-state index in [0.717, 1.165) is 8.75 Å². The van der Waals surface area contributed by atoms with Crippen molar-refractivity contribution in [2.75, 3.05) is 19.0 Å². The third-order valence-electron chi connectivity index (χ3n) is 5.04. The molecular weight excluding hydrogens is 486 g/mol. The van der Waals surface area contributed by atoms with E-state index < -0.39 is 18.2 Å². The third-order valence-corrected chi connectivity index (χ3v) is 6.52. The molecule has 0 bridgehead atoms. The summed E-state index contributed by atoms with van der Waals surface area (Å²) < 4.78 is 7.43. The number of fused-ring (bicyclic) bond motifs is 1. The van der Waals surface area contributed by atoms with E-state index in [0.29, 0.717) is 30.8 Å². The third kappa shape index (κ3) is 4.57. The average Bonchev–Trinajstić information content (AvgIpc) is 3.46. The monoisotopic (exact) mass is 505 g/mol. The van der Waals surface area contributed by atoms with E-state index in [4.69, 9.17) is 0 Å². The molecule has 0 aliphatic carbocycles. The van der Waals surface area contributed by atoms with Crippen molar-refractivity contribution in [1.82, 2.24) is 19.6 Å². The maximum Gasteiger partial charge on any atom is 0.407 e. The Kier molecular flexibility index (Phi) is 6.23. The molecule has 3 aromatic rings. The molecular formula is C20H20BrN5O4S. The fourth-order valence-corrected chi connectivity index (χ4v) is 4.97. The minimum Gasteiger partial charge on any atom is -0.453 e. The second kappa shape index (κ2) is 9.06. The maximum atomic E-state index is 13.4. The normalized spacial score (nSPS) is 16.8. The number of benzene rings is 1. The Morgan fingerprint density at radius 1 is 1.26 bits per heavy atom. The van der Waals surface area contributed by atoms with Crippen molar-refractivity contribution in [1.29, 1.82) is 0 Å². The van der Waals surface area contributed by atoms with Crippen LogP contribution in [0.15, 0.2) is 46.5 Å². The number of aromatic nitrogens is 2. The average molecular weight is 506 g/mol. The summed E-state index contributed by atoms with van der Waals surface area (Å²) in [5.41, 5.74) is 0.615. The van der Waals surface area contributed by atoms with Gasteiger partial charge in [0.25, 0.3) is 5.91 Å². The van der Waals surface area contributed by atoms with E-state index in [1.165, 1.54) is 23.3 Å². The number of hydrogen-bond acceptors (Lipinski definition) is 6. The zero-order valence-electron chi connectivity index (χ0n) is 16.6. The van der Waals surface area contributed by atoms with E-state index >= 15 is 0 Å². The van der Waals surface area contributed by atoms with E-state index in [-0.39, 0.29) is 11.8 Å². The molecule has 2 aromatic heterocycles. The van der Waals surface area contributed by atoms with Crippen LogP contribution in [-0.2, 0) is 14.3 Å². The molecule has 1 aliphatic rings. The zero-order chi connectivity index (χ0) is 22.0. The molecule has 2 atom stereocenters. The molecule has 3 heterocycles. The van der Waals surface area contributed by atoms with Crippen LogP contribution in [0.2, 0.25) is 0 Å². The van der Waals surface area contributed by atoms with E-state index in [9.17, 15) is 14.4 Å². The van der Waals surface area contributed by atoms with Crippen molar-refractivity contribution in [2.24, 2.45) is 0 Å². The Balaban J connectivity index is 1.52. The van der Waals surface area contributed by atoms with Gasteiger partial charge in [-0.1, -0.05) is 41.7 Å². The molecule has 2 N–H and O–H groups in total. The number of thiazole rings is 1. The van der Waals surface area contributed by atoms with Crippen molar-refractivity contribution >= 4 is 56.0 Å². The number of hydrogen-bond donors (Lipinski definition) is 2. The molecule has 4 rings (SSSR count). The first-order valence-electron chi connectivity index (χ1n) is 9.61. The number of carbonyl (C=O) groups is 3. The number of imidazole rings is 1. The molecule has 1 aromatic carbocycles. The molecule has 11 heteroatoms. The summed E-state index contributed by atoms with van der Waals surface area (Å²) in [4.78, 5) is 44.8. The Bertz CT molecular complexity index is 1080. The number of anilines is 1. The van der Waals surface area contributed by atoms with Crippen LogP contribution in [0.1, 0.15) is 24.4 Å². The lowest BCUT2D eigenvalue weighted by atomic mass is 10.0. The summed E-state index contributed by atoms with van der Waals surface area (Å²) in [5.74, 6) is -0.236. The second-order valence-corrected chi connectivity index (χ2v) is 9.40. The number of rotatable bonds is 5. The van der Waals surface area contributed by atoms with Crippen molar-refractivity contribution in [3.05, 3.63) is 52.1 Å². The SMILES string of the molecule is COC(=O)N[C@@H](C(=O)N1CCC[C@H]1C(=O)Nc1cn2cc(Br)sc2n1)c1ccccc1. The van der Waals surface area contributed by atoms with Crippen molar-refractivity contribution in [2.45, 2.75) is 24.9 Å². The topological polar surface area (TPSA) is 105 Å². The Morgan fingerprint density at radius 2 is 2.03 bits per heavy atom. The number of ether oxygens (including phenoxy) is 1. The van der Waals surface area contributed by atoms with Crippen LogP contribution in [-0.4, -0.2) is 51.9 Å². The highest BCUT2D eigenvalue weighted by Gasteiger charge is 2.38. The Morgan fingerprint density at radius 3 is 2.74 bits per heavy atom. The first-order valence-corrected chi connectivity index (χ1v) is 11.2. The molecule has 0 saturated carbocycles. The fraction of sp³-hybridized carbons (Fsp3) is 0.300. The van der Waals surface area contributed by atoms with Gasteiger partial charge >= 0.3 is 6.09 Å². The molecule has 0 spiro atoms. The quantitative estimate of drug-likeness (QED) is 0.553. The second-order valence-electron chi connectivity index (χ2n) is 7.01. The number of amides is 3. The van der Waals surface area contributed by atoms with Gasteiger partial charge in [0, 0.05) is 12.7 Å². The molecule has 0 unspecified atom stereocenters. The van der Waals surface area contributed by atoms with Gasteiger partial charge in [-0.05, 0) is 34.3 Å². The van der Waals surface area contributed by atoms with Crippen LogP contribution in [0.5, 0.6) is 0 Å². The minimum atomic E-state index is -0.947. The van der Waals surface area contributed by atoms with Gasteiger partial charge in [-0.15, -0.1) is 0 Å². The molecule has 0 radical (unpaired) electrons. The number of nitrogens with zero attached hydrogens (tertiary/aromatic N) is 3. The van der Waals surface area contributed by atoms with Crippen LogP contribution in [0, 0.1) is 0 Å². The van der Waals surface area contributed by atoms with Crippen molar-refractivity contribution in [3.8, 4) is 0 Å². The van der Waals surface area contributed by atoms with Gasteiger partial charge in [0.05, 0.1) is 17.1 Å². The van der Waals surface area contributed by atoms with Gasteiger partial charge in [-0.3, -0.25) is 14.0 Å². The number of nitrogens with one attached hydrogen (secondary N) is 2. The fourth-order valence-electron chi connectivity index (χ4n) is 3.62. The van der Waals surface area contributed by atoms with Crippen LogP contribution in [0.3, 0.4) is 0 Å². The molecule has 31 heavy (non-hydrogen) atoms.